The molecule has 1 aromatic carbocycles. The zero-order valence-electron chi connectivity index (χ0n) is 15.6. The summed E-state index contributed by atoms with van der Waals surface area (Å²) in [6, 6.07) is 6.00. The number of nitrogens with one attached hydrogen (secondary N) is 1. The number of hydrogen-bond acceptors (Lipinski definition) is 4. The van der Waals surface area contributed by atoms with Crippen molar-refractivity contribution in [2.24, 2.45) is 11.7 Å². The van der Waals surface area contributed by atoms with E-state index in [0.29, 0.717) is 39.2 Å². The molecule has 1 saturated heterocycles. The third kappa shape index (κ3) is 6.50. The van der Waals surface area contributed by atoms with Crippen LogP contribution in [0.3, 0.4) is 0 Å². The van der Waals surface area contributed by atoms with Gasteiger partial charge in [0.1, 0.15) is 5.75 Å². The summed E-state index contributed by atoms with van der Waals surface area (Å²) in [7, 11) is 0. The molecule has 1 atom stereocenters. The molecule has 2 amide bonds. The number of piperidine rings is 1. The van der Waals surface area contributed by atoms with Crippen LogP contribution in [0.25, 0.3) is 0 Å². The molecule has 26 heavy (non-hydrogen) atoms. The van der Waals surface area contributed by atoms with E-state index in [9.17, 15) is 9.59 Å². The predicted molar refractivity (Wildman–Crippen MR) is 105 cm³/mol. The highest BCUT2D eigenvalue weighted by atomic mass is 35.5. The van der Waals surface area contributed by atoms with Crippen LogP contribution in [0.5, 0.6) is 5.75 Å². The summed E-state index contributed by atoms with van der Waals surface area (Å²) in [5.41, 5.74) is 7.67. The number of carbonyl (C=O) groups is 2. The lowest BCUT2D eigenvalue weighted by Crippen LogP contribution is -2.46. The van der Waals surface area contributed by atoms with Gasteiger partial charge in [-0.15, -0.1) is 12.4 Å². The van der Waals surface area contributed by atoms with Gasteiger partial charge in [-0.05, 0) is 38.3 Å². The topological polar surface area (TPSA) is 84.7 Å². The standard InChI is InChI=1S/C19H29N3O3.ClH/c1-14-5-6-17(15(2)12-14)25-11-7-18(23)22-10-3-4-16(13-22)19(24)21-9-8-20;/h5-6,12,16H,3-4,7-11,13,20H2,1-2H3,(H,21,24);1H. The number of amides is 2. The normalized spacial score (nSPS) is 16.6. The van der Waals surface area contributed by atoms with Gasteiger partial charge in [0.05, 0.1) is 18.9 Å². The van der Waals surface area contributed by atoms with Crippen molar-refractivity contribution in [3.8, 4) is 5.75 Å². The monoisotopic (exact) mass is 383 g/mol. The number of aryl methyl sites for hydroxylation is 2. The predicted octanol–water partition coefficient (Wildman–Crippen LogP) is 1.81. The lowest BCUT2D eigenvalue weighted by Gasteiger charge is -2.32. The molecule has 1 heterocycles. The molecule has 0 spiro atoms. The van der Waals surface area contributed by atoms with Gasteiger partial charge in [-0.1, -0.05) is 17.7 Å². The Morgan fingerprint density at radius 3 is 2.81 bits per heavy atom. The minimum Gasteiger partial charge on any atom is -0.493 e. The van der Waals surface area contributed by atoms with E-state index in [2.05, 4.69) is 11.4 Å². The highest BCUT2D eigenvalue weighted by Crippen LogP contribution is 2.20. The third-order valence-corrected chi connectivity index (χ3v) is 4.49. The zero-order chi connectivity index (χ0) is 18.2. The second-order valence-corrected chi connectivity index (χ2v) is 6.63. The van der Waals surface area contributed by atoms with E-state index in [1.165, 1.54) is 5.56 Å². The molecule has 146 valence electrons. The number of nitrogens with two attached hydrogens (primary N) is 1. The van der Waals surface area contributed by atoms with Gasteiger partial charge in [-0.25, -0.2) is 0 Å². The Balaban J connectivity index is 0.00000338. The van der Waals surface area contributed by atoms with Crippen LogP contribution >= 0.6 is 12.4 Å². The van der Waals surface area contributed by atoms with Crippen LogP contribution in [0.15, 0.2) is 18.2 Å². The Labute approximate surface area is 161 Å². The number of likely N-dealkylation sites (tertiary alicyclic amines) is 1. The van der Waals surface area contributed by atoms with Gasteiger partial charge in [0.25, 0.3) is 0 Å². The lowest BCUT2D eigenvalue weighted by molar-refractivity contribution is -0.136. The van der Waals surface area contributed by atoms with E-state index in [1.54, 1.807) is 4.90 Å². The van der Waals surface area contributed by atoms with E-state index in [1.807, 2.05) is 26.0 Å². The minimum absolute atomic E-state index is 0. The molecule has 6 nitrogen and oxygen atoms in total. The van der Waals surface area contributed by atoms with E-state index < -0.39 is 0 Å². The Kier molecular flexibility index (Phi) is 9.44. The van der Waals surface area contributed by atoms with Gasteiger partial charge in [-0.3, -0.25) is 9.59 Å². The summed E-state index contributed by atoms with van der Waals surface area (Å²) in [6.45, 7) is 6.49. The summed E-state index contributed by atoms with van der Waals surface area (Å²) in [4.78, 5) is 26.2. The maximum absolute atomic E-state index is 12.4. The summed E-state index contributed by atoms with van der Waals surface area (Å²) >= 11 is 0. The van der Waals surface area contributed by atoms with Crippen molar-refractivity contribution in [1.29, 1.82) is 0 Å². The van der Waals surface area contributed by atoms with Crippen molar-refractivity contribution in [3.63, 3.8) is 0 Å². The van der Waals surface area contributed by atoms with Crippen molar-refractivity contribution in [2.45, 2.75) is 33.1 Å². The summed E-state index contributed by atoms with van der Waals surface area (Å²) < 4.78 is 5.74. The smallest absolute Gasteiger partial charge is 0.226 e. The first-order chi connectivity index (χ1) is 12.0. The molecule has 0 bridgehead atoms. The maximum atomic E-state index is 12.4. The van der Waals surface area contributed by atoms with Gasteiger partial charge in [0.2, 0.25) is 11.8 Å². The van der Waals surface area contributed by atoms with E-state index in [-0.39, 0.29) is 30.1 Å². The van der Waals surface area contributed by atoms with Gasteiger partial charge in [-0.2, -0.15) is 0 Å². The molecule has 0 aliphatic carbocycles. The molecule has 2 rings (SSSR count). The fourth-order valence-electron chi connectivity index (χ4n) is 3.13. The summed E-state index contributed by atoms with van der Waals surface area (Å²) in [5.74, 6) is 0.719. The largest absolute Gasteiger partial charge is 0.493 e. The van der Waals surface area contributed by atoms with Crippen molar-refractivity contribution in [2.75, 3.05) is 32.8 Å². The fraction of sp³-hybridized carbons (Fsp3) is 0.579. The molecule has 1 unspecified atom stereocenters. The van der Waals surface area contributed by atoms with E-state index >= 15 is 0 Å². The van der Waals surface area contributed by atoms with Gasteiger partial charge >= 0.3 is 0 Å². The van der Waals surface area contributed by atoms with Crippen LogP contribution in [0.2, 0.25) is 0 Å². The maximum Gasteiger partial charge on any atom is 0.226 e. The molecule has 1 aromatic rings. The van der Waals surface area contributed by atoms with Crippen LogP contribution < -0.4 is 15.8 Å². The van der Waals surface area contributed by atoms with Crippen LogP contribution in [0, 0.1) is 19.8 Å². The molecular weight excluding hydrogens is 354 g/mol. The Bertz CT molecular complexity index is 610. The van der Waals surface area contributed by atoms with E-state index in [0.717, 1.165) is 24.2 Å². The Hall–Kier alpha value is -1.79. The van der Waals surface area contributed by atoms with Crippen molar-refractivity contribution in [3.05, 3.63) is 29.3 Å². The van der Waals surface area contributed by atoms with Crippen molar-refractivity contribution < 1.29 is 14.3 Å². The fourth-order valence-corrected chi connectivity index (χ4v) is 3.13. The van der Waals surface area contributed by atoms with Gasteiger partial charge in [0.15, 0.2) is 0 Å². The highest BCUT2D eigenvalue weighted by Gasteiger charge is 2.27. The molecule has 1 aliphatic heterocycles. The van der Waals surface area contributed by atoms with Crippen LogP contribution in [-0.4, -0.2) is 49.5 Å². The number of benzene rings is 1. The number of ether oxygens (including phenoxy) is 1. The SMILES string of the molecule is Cc1ccc(OCCC(=O)N2CCCC(C(=O)NCCN)C2)c(C)c1.Cl. The second-order valence-electron chi connectivity index (χ2n) is 6.63. The average molecular weight is 384 g/mol. The number of halogens is 1. The van der Waals surface area contributed by atoms with E-state index in [4.69, 9.17) is 10.5 Å². The number of hydrogen-bond donors (Lipinski definition) is 2. The second kappa shape index (κ2) is 11.0. The third-order valence-electron chi connectivity index (χ3n) is 4.49. The quantitative estimate of drug-likeness (QED) is 0.752. The van der Waals surface area contributed by atoms with Crippen LogP contribution in [0.1, 0.15) is 30.4 Å². The number of carbonyl (C=O) groups excluding carboxylic acids is 2. The summed E-state index contributed by atoms with van der Waals surface area (Å²) in [5, 5.41) is 2.81. The Morgan fingerprint density at radius 2 is 2.12 bits per heavy atom. The molecular formula is C19H30ClN3O3. The zero-order valence-corrected chi connectivity index (χ0v) is 16.4. The first kappa shape index (κ1) is 22.3. The highest BCUT2D eigenvalue weighted by molar-refractivity contribution is 5.85. The molecule has 0 aromatic heterocycles. The lowest BCUT2D eigenvalue weighted by atomic mass is 9.97. The number of rotatable bonds is 7. The van der Waals surface area contributed by atoms with Gasteiger partial charge in [0, 0.05) is 26.2 Å². The molecule has 0 radical (unpaired) electrons. The number of nitrogens with zero attached hydrogens (tertiary/aromatic N) is 1. The molecule has 0 saturated carbocycles. The van der Waals surface area contributed by atoms with Crippen molar-refractivity contribution >= 4 is 24.2 Å². The molecule has 3 N–H and O–H groups in total. The summed E-state index contributed by atoms with van der Waals surface area (Å²) in [6.07, 6.45) is 1.99. The van der Waals surface area contributed by atoms with Crippen molar-refractivity contribution in [1.82, 2.24) is 10.2 Å². The Morgan fingerprint density at radius 1 is 1.35 bits per heavy atom. The minimum atomic E-state index is -0.135. The molecule has 7 heteroatoms. The molecule has 1 fully saturated rings. The van der Waals surface area contributed by atoms with Crippen LogP contribution in [-0.2, 0) is 9.59 Å². The average Bonchev–Trinajstić information content (AvgIpc) is 2.61. The first-order valence-corrected chi connectivity index (χ1v) is 8.97. The van der Waals surface area contributed by atoms with Crippen LogP contribution in [0.4, 0.5) is 0 Å². The van der Waals surface area contributed by atoms with Gasteiger partial charge < -0.3 is 20.7 Å². The first-order valence-electron chi connectivity index (χ1n) is 8.97. The molecule has 1 aliphatic rings.